The van der Waals surface area contributed by atoms with Crippen molar-refractivity contribution in [3.8, 4) is 0 Å². The molecule has 1 aromatic carbocycles. The minimum absolute atomic E-state index is 0. The molecule has 2 fully saturated rings. The number of carbonyl (C=O) groups is 1. The molecule has 3 aliphatic rings. The number of para-hydroxylation sites is 1. The minimum Gasteiger partial charge on any atom is -0.362 e. The summed E-state index contributed by atoms with van der Waals surface area (Å²) in [5, 5.41) is 3.48. The van der Waals surface area contributed by atoms with Crippen LogP contribution in [0.5, 0.6) is 0 Å². The molecule has 1 N–H and O–H groups in total. The summed E-state index contributed by atoms with van der Waals surface area (Å²) in [4.78, 5) is 17.0. The van der Waals surface area contributed by atoms with Gasteiger partial charge in [0.15, 0.2) is 0 Å². The van der Waals surface area contributed by atoms with Crippen LogP contribution in [-0.4, -0.2) is 50.1 Å². The molecule has 1 amide bonds. The third-order valence-electron chi connectivity index (χ3n) is 5.82. The number of rotatable bonds is 2. The first-order chi connectivity index (χ1) is 10.8. The van der Waals surface area contributed by atoms with Crippen molar-refractivity contribution in [3.63, 3.8) is 0 Å². The molecular formula is C18H27Cl2N3O. The first-order valence-corrected chi connectivity index (χ1v) is 8.57. The molecule has 0 unspecified atom stereocenters. The smallest absolute Gasteiger partial charge is 0.242 e. The van der Waals surface area contributed by atoms with Gasteiger partial charge in [0.05, 0.1) is 6.54 Å². The topological polar surface area (TPSA) is 35.6 Å². The number of likely N-dealkylation sites (tertiary alicyclic amines) is 1. The largest absolute Gasteiger partial charge is 0.362 e. The molecule has 0 atom stereocenters. The van der Waals surface area contributed by atoms with E-state index in [2.05, 4.69) is 39.4 Å². The Balaban J connectivity index is 0.00000104. The SMILES string of the molecule is Cl.Cl.O=C(CN1CCc2ccccc21)N1CCC2(CCNC2)CC1. The second kappa shape index (κ2) is 7.94. The molecule has 0 aromatic heterocycles. The Hall–Kier alpha value is -0.970. The van der Waals surface area contributed by atoms with Gasteiger partial charge in [-0.25, -0.2) is 0 Å². The molecule has 6 heteroatoms. The van der Waals surface area contributed by atoms with Gasteiger partial charge in [0.1, 0.15) is 0 Å². The summed E-state index contributed by atoms with van der Waals surface area (Å²) in [5.41, 5.74) is 3.12. The number of benzene rings is 1. The van der Waals surface area contributed by atoms with Crippen LogP contribution in [0.4, 0.5) is 5.69 Å². The van der Waals surface area contributed by atoms with E-state index in [0.717, 1.165) is 39.1 Å². The lowest BCUT2D eigenvalue weighted by Crippen LogP contribution is -2.47. The Kier molecular flexibility index (Phi) is 6.40. The van der Waals surface area contributed by atoms with Crippen LogP contribution in [0.1, 0.15) is 24.8 Å². The molecule has 134 valence electrons. The number of fused-ring (bicyclic) bond motifs is 1. The van der Waals surface area contributed by atoms with E-state index in [4.69, 9.17) is 0 Å². The number of hydrogen-bond acceptors (Lipinski definition) is 3. The molecule has 4 nitrogen and oxygen atoms in total. The van der Waals surface area contributed by atoms with E-state index in [1.165, 1.54) is 30.5 Å². The van der Waals surface area contributed by atoms with Crippen molar-refractivity contribution in [1.82, 2.24) is 10.2 Å². The molecule has 24 heavy (non-hydrogen) atoms. The van der Waals surface area contributed by atoms with Crippen molar-refractivity contribution in [1.29, 1.82) is 0 Å². The highest BCUT2D eigenvalue weighted by molar-refractivity contribution is 5.85. The van der Waals surface area contributed by atoms with Gasteiger partial charge in [-0.2, -0.15) is 0 Å². The predicted octanol–water partition coefficient (Wildman–Crippen LogP) is 2.49. The zero-order chi connectivity index (χ0) is 15.0. The molecule has 1 aromatic rings. The number of anilines is 1. The maximum absolute atomic E-state index is 12.6. The number of nitrogens with one attached hydrogen (secondary N) is 1. The lowest BCUT2D eigenvalue weighted by atomic mass is 9.78. The molecule has 0 bridgehead atoms. The molecule has 3 aliphatic heterocycles. The van der Waals surface area contributed by atoms with Gasteiger partial charge in [-0.3, -0.25) is 4.79 Å². The molecular weight excluding hydrogens is 345 g/mol. The molecule has 1 spiro atoms. The number of nitrogens with zero attached hydrogens (tertiary/aromatic N) is 2. The Bertz CT molecular complexity index is 565. The Morgan fingerprint density at radius 1 is 1.08 bits per heavy atom. The molecule has 0 aliphatic carbocycles. The number of piperidine rings is 1. The van der Waals surface area contributed by atoms with Crippen LogP contribution in [0, 0.1) is 5.41 Å². The second-order valence-corrected chi connectivity index (χ2v) is 7.11. The van der Waals surface area contributed by atoms with Crippen molar-refractivity contribution in [2.45, 2.75) is 25.7 Å². The molecule has 3 heterocycles. The van der Waals surface area contributed by atoms with Gasteiger partial charge in [0, 0.05) is 31.9 Å². The molecule has 0 saturated carbocycles. The average Bonchev–Trinajstić information content (AvgIpc) is 3.16. The maximum Gasteiger partial charge on any atom is 0.242 e. The second-order valence-electron chi connectivity index (χ2n) is 7.11. The Morgan fingerprint density at radius 3 is 2.54 bits per heavy atom. The molecule has 2 saturated heterocycles. The predicted molar refractivity (Wildman–Crippen MR) is 103 cm³/mol. The van der Waals surface area contributed by atoms with Crippen molar-refractivity contribution < 1.29 is 4.79 Å². The minimum atomic E-state index is 0. The fraction of sp³-hybridized carbons (Fsp3) is 0.611. The number of halogens is 2. The lowest BCUT2D eigenvalue weighted by Gasteiger charge is -2.39. The standard InChI is InChI=1S/C18H25N3O.2ClH/c22-17(13-21-10-5-15-3-1-2-4-16(15)21)20-11-7-18(8-12-20)6-9-19-14-18;;/h1-4,19H,5-14H2;2*1H. The fourth-order valence-corrected chi connectivity index (χ4v) is 4.29. The normalized spacial score (nSPS) is 21.2. The summed E-state index contributed by atoms with van der Waals surface area (Å²) >= 11 is 0. The van der Waals surface area contributed by atoms with Gasteiger partial charge in [-0.15, -0.1) is 24.8 Å². The summed E-state index contributed by atoms with van der Waals surface area (Å²) in [6.45, 7) is 5.70. The van der Waals surface area contributed by atoms with E-state index in [0.29, 0.717) is 17.9 Å². The zero-order valence-corrected chi connectivity index (χ0v) is 15.6. The van der Waals surface area contributed by atoms with Gasteiger partial charge in [-0.05, 0) is 49.3 Å². The zero-order valence-electron chi connectivity index (χ0n) is 14.0. The van der Waals surface area contributed by atoms with E-state index in [1.54, 1.807) is 0 Å². The van der Waals surface area contributed by atoms with Crippen molar-refractivity contribution >= 4 is 36.4 Å². The van der Waals surface area contributed by atoms with Crippen molar-refractivity contribution in [3.05, 3.63) is 29.8 Å². The van der Waals surface area contributed by atoms with Crippen molar-refractivity contribution in [2.75, 3.05) is 44.2 Å². The van der Waals surface area contributed by atoms with Crippen LogP contribution in [0.2, 0.25) is 0 Å². The van der Waals surface area contributed by atoms with E-state index >= 15 is 0 Å². The van der Waals surface area contributed by atoms with Gasteiger partial charge in [-0.1, -0.05) is 18.2 Å². The van der Waals surface area contributed by atoms with Gasteiger partial charge >= 0.3 is 0 Å². The quantitative estimate of drug-likeness (QED) is 0.867. The summed E-state index contributed by atoms with van der Waals surface area (Å²) < 4.78 is 0. The summed E-state index contributed by atoms with van der Waals surface area (Å²) in [6.07, 6.45) is 4.69. The van der Waals surface area contributed by atoms with Crippen LogP contribution in [-0.2, 0) is 11.2 Å². The average molecular weight is 372 g/mol. The van der Waals surface area contributed by atoms with Crippen LogP contribution < -0.4 is 10.2 Å². The Morgan fingerprint density at radius 2 is 1.83 bits per heavy atom. The van der Waals surface area contributed by atoms with E-state index < -0.39 is 0 Å². The van der Waals surface area contributed by atoms with Crippen LogP contribution in [0.25, 0.3) is 0 Å². The molecule has 0 radical (unpaired) electrons. The monoisotopic (exact) mass is 371 g/mol. The van der Waals surface area contributed by atoms with Crippen LogP contribution >= 0.6 is 24.8 Å². The highest BCUT2D eigenvalue weighted by Gasteiger charge is 2.38. The van der Waals surface area contributed by atoms with Crippen LogP contribution in [0.15, 0.2) is 24.3 Å². The number of amides is 1. The first kappa shape index (κ1) is 19.4. The van der Waals surface area contributed by atoms with Gasteiger partial charge < -0.3 is 15.1 Å². The third kappa shape index (κ3) is 3.66. The van der Waals surface area contributed by atoms with Crippen molar-refractivity contribution in [2.24, 2.45) is 5.41 Å². The Labute approximate surface area is 156 Å². The third-order valence-corrected chi connectivity index (χ3v) is 5.82. The maximum atomic E-state index is 12.6. The van der Waals surface area contributed by atoms with Gasteiger partial charge in [0.2, 0.25) is 5.91 Å². The summed E-state index contributed by atoms with van der Waals surface area (Å²) in [5.74, 6) is 0.303. The van der Waals surface area contributed by atoms with E-state index in [-0.39, 0.29) is 24.8 Å². The van der Waals surface area contributed by atoms with E-state index in [1.807, 2.05) is 0 Å². The number of hydrogen-bond donors (Lipinski definition) is 1. The highest BCUT2D eigenvalue weighted by atomic mass is 35.5. The fourth-order valence-electron chi connectivity index (χ4n) is 4.29. The summed E-state index contributed by atoms with van der Waals surface area (Å²) in [7, 11) is 0. The number of carbonyl (C=O) groups excluding carboxylic acids is 1. The summed E-state index contributed by atoms with van der Waals surface area (Å²) in [6, 6.07) is 8.48. The molecule has 4 rings (SSSR count). The van der Waals surface area contributed by atoms with Gasteiger partial charge in [0.25, 0.3) is 0 Å². The van der Waals surface area contributed by atoms with Crippen LogP contribution in [0.3, 0.4) is 0 Å². The highest BCUT2D eigenvalue weighted by Crippen LogP contribution is 2.37. The lowest BCUT2D eigenvalue weighted by molar-refractivity contribution is -0.131. The first-order valence-electron chi connectivity index (χ1n) is 8.57. The van der Waals surface area contributed by atoms with E-state index in [9.17, 15) is 4.79 Å².